The van der Waals surface area contributed by atoms with E-state index in [0.717, 1.165) is 10.7 Å². The summed E-state index contributed by atoms with van der Waals surface area (Å²) in [6.07, 6.45) is 0. The Morgan fingerprint density at radius 3 is 2.86 bits per heavy atom. The van der Waals surface area contributed by atoms with Gasteiger partial charge in [-0.25, -0.2) is 0 Å². The van der Waals surface area contributed by atoms with Gasteiger partial charge in [-0.1, -0.05) is 17.8 Å². The first-order valence-corrected chi connectivity index (χ1v) is 8.44. The molecule has 0 bridgehead atoms. The highest BCUT2D eigenvalue weighted by Gasteiger charge is 2.17. The Labute approximate surface area is 136 Å². The minimum Gasteiger partial charge on any atom is -0.401 e. The number of rotatable bonds is 6. The Kier molecular flexibility index (Phi) is 5.35. The van der Waals surface area contributed by atoms with E-state index in [1.807, 2.05) is 35.1 Å². The highest BCUT2D eigenvalue weighted by atomic mass is 32.2. The standard InChI is InChI=1S/C14H15N5OS2/c1-3-19-13(12-5-4-6-21-12)17-18-14(19)22-8-11(20)10(7-15)9(2)16/h4-6H,3,8,16H2,1-2H3/b10-9+. The first-order chi connectivity index (χ1) is 10.6. The zero-order valence-electron chi connectivity index (χ0n) is 12.2. The minimum atomic E-state index is -0.296. The number of aromatic nitrogens is 3. The van der Waals surface area contributed by atoms with Crippen LogP contribution < -0.4 is 5.73 Å². The molecule has 22 heavy (non-hydrogen) atoms. The zero-order valence-corrected chi connectivity index (χ0v) is 13.9. The fourth-order valence-electron chi connectivity index (χ4n) is 1.84. The second-order valence-corrected chi connectivity index (χ2v) is 6.30. The lowest BCUT2D eigenvalue weighted by Gasteiger charge is -2.05. The summed E-state index contributed by atoms with van der Waals surface area (Å²) in [7, 11) is 0. The molecule has 0 aliphatic rings. The molecule has 0 aliphatic heterocycles. The maximum absolute atomic E-state index is 12.0. The van der Waals surface area contributed by atoms with Crippen molar-refractivity contribution in [3.05, 3.63) is 28.8 Å². The Hall–Kier alpha value is -2.11. The third-order valence-corrected chi connectivity index (χ3v) is 4.72. The maximum atomic E-state index is 12.0. The molecule has 0 spiro atoms. The van der Waals surface area contributed by atoms with E-state index < -0.39 is 0 Å². The van der Waals surface area contributed by atoms with Crippen molar-refractivity contribution in [2.75, 3.05) is 5.75 Å². The summed E-state index contributed by atoms with van der Waals surface area (Å²) in [4.78, 5) is 13.0. The van der Waals surface area contributed by atoms with Gasteiger partial charge in [0, 0.05) is 12.2 Å². The van der Waals surface area contributed by atoms with Crippen LogP contribution in [0.15, 0.2) is 33.9 Å². The second-order valence-electron chi connectivity index (χ2n) is 4.41. The van der Waals surface area contributed by atoms with Crippen LogP contribution in [-0.2, 0) is 11.3 Å². The Balaban J connectivity index is 2.17. The van der Waals surface area contributed by atoms with Gasteiger partial charge >= 0.3 is 0 Å². The number of hydrogen-bond acceptors (Lipinski definition) is 7. The van der Waals surface area contributed by atoms with Gasteiger partial charge in [0.05, 0.1) is 10.6 Å². The fourth-order valence-corrected chi connectivity index (χ4v) is 3.43. The molecule has 8 heteroatoms. The molecule has 0 atom stereocenters. The number of ketones is 1. The fraction of sp³-hybridized carbons (Fsp3) is 0.286. The van der Waals surface area contributed by atoms with Gasteiger partial charge in [0.25, 0.3) is 0 Å². The quantitative estimate of drug-likeness (QED) is 0.495. The summed E-state index contributed by atoms with van der Waals surface area (Å²) in [5.74, 6) is 0.606. The molecular formula is C14H15N5OS2. The molecule has 2 rings (SSSR count). The second kappa shape index (κ2) is 7.24. The van der Waals surface area contributed by atoms with Crippen molar-refractivity contribution >= 4 is 28.9 Å². The monoisotopic (exact) mass is 333 g/mol. The molecule has 0 fully saturated rings. The van der Waals surface area contributed by atoms with E-state index >= 15 is 0 Å². The van der Waals surface area contributed by atoms with Crippen LogP contribution in [0.3, 0.4) is 0 Å². The van der Waals surface area contributed by atoms with Crippen LogP contribution in [0, 0.1) is 11.3 Å². The van der Waals surface area contributed by atoms with Crippen molar-refractivity contribution in [1.82, 2.24) is 14.8 Å². The van der Waals surface area contributed by atoms with Crippen LogP contribution in [0.4, 0.5) is 0 Å². The van der Waals surface area contributed by atoms with Gasteiger partial charge in [-0.2, -0.15) is 5.26 Å². The van der Waals surface area contributed by atoms with Crippen LogP contribution in [0.1, 0.15) is 13.8 Å². The molecular weight excluding hydrogens is 318 g/mol. The minimum absolute atomic E-state index is 0.00791. The van der Waals surface area contributed by atoms with E-state index in [4.69, 9.17) is 11.0 Å². The van der Waals surface area contributed by atoms with Gasteiger partial charge in [-0.15, -0.1) is 21.5 Å². The van der Waals surface area contributed by atoms with Crippen molar-refractivity contribution in [3.63, 3.8) is 0 Å². The molecule has 2 aromatic rings. The number of nitrogens with zero attached hydrogens (tertiary/aromatic N) is 4. The average molecular weight is 333 g/mol. The third kappa shape index (κ3) is 3.37. The predicted octanol–water partition coefficient (Wildman–Crippen LogP) is 2.44. The van der Waals surface area contributed by atoms with Gasteiger partial charge < -0.3 is 10.3 Å². The lowest BCUT2D eigenvalue weighted by Crippen LogP contribution is -2.11. The van der Waals surface area contributed by atoms with E-state index in [0.29, 0.717) is 11.7 Å². The van der Waals surface area contributed by atoms with Gasteiger partial charge in [0.2, 0.25) is 0 Å². The lowest BCUT2D eigenvalue weighted by molar-refractivity contribution is -0.112. The van der Waals surface area contributed by atoms with Crippen LogP contribution in [0.5, 0.6) is 0 Å². The van der Waals surface area contributed by atoms with Crippen LogP contribution in [0.2, 0.25) is 0 Å². The topological polar surface area (TPSA) is 97.6 Å². The van der Waals surface area contributed by atoms with Crippen molar-refractivity contribution in [3.8, 4) is 16.8 Å². The van der Waals surface area contributed by atoms with E-state index in [1.165, 1.54) is 11.8 Å². The number of nitrogens with two attached hydrogens (primary N) is 1. The smallest absolute Gasteiger partial charge is 0.191 e. The number of thioether (sulfide) groups is 1. The SMILES string of the molecule is CCn1c(SCC(=O)/C(C#N)=C(\C)N)nnc1-c1cccs1. The molecule has 2 N–H and O–H groups in total. The summed E-state index contributed by atoms with van der Waals surface area (Å²) in [5.41, 5.74) is 5.78. The van der Waals surface area contributed by atoms with Crippen molar-refractivity contribution < 1.29 is 4.79 Å². The van der Waals surface area contributed by atoms with Gasteiger partial charge in [0.1, 0.15) is 11.6 Å². The van der Waals surface area contributed by atoms with E-state index in [9.17, 15) is 4.79 Å². The first kappa shape index (κ1) is 16.3. The van der Waals surface area contributed by atoms with Crippen LogP contribution in [0.25, 0.3) is 10.7 Å². The van der Waals surface area contributed by atoms with Crippen LogP contribution in [-0.4, -0.2) is 26.3 Å². The molecule has 2 aromatic heterocycles. The molecule has 114 valence electrons. The summed E-state index contributed by atoms with van der Waals surface area (Å²) in [6, 6.07) is 5.78. The number of carbonyl (C=O) groups excluding carboxylic acids is 1. The highest BCUT2D eigenvalue weighted by Crippen LogP contribution is 2.27. The molecule has 0 saturated carbocycles. The maximum Gasteiger partial charge on any atom is 0.191 e. The van der Waals surface area contributed by atoms with Gasteiger partial charge in [-0.05, 0) is 25.3 Å². The van der Waals surface area contributed by atoms with Crippen molar-refractivity contribution in [2.24, 2.45) is 5.73 Å². The molecule has 6 nitrogen and oxygen atoms in total. The lowest BCUT2D eigenvalue weighted by atomic mass is 10.2. The molecule has 0 amide bonds. The summed E-state index contributed by atoms with van der Waals surface area (Å²) in [5, 5.41) is 19.9. The number of carbonyl (C=O) groups is 1. The largest absolute Gasteiger partial charge is 0.401 e. The molecule has 0 aromatic carbocycles. The first-order valence-electron chi connectivity index (χ1n) is 6.58. The van der Waals surface area contributed by atoms with E-state index in [1.54, 1.807) is 18.3 Å². The average Bonchev–Trinajstić information content (AvgIpc) is 3.13. The summed E-state index contributed by atoms with van der Waals surface area (Å²) < 4.78 is 1.95. The van der Waals surface area contributed by atoms with Crippen molar-refractivity contribution in [2.45, 2.75) is 25.5 Å². The van der Waals surface area contributed by atoms with Gasteiger partial charge in [-0.3, -0.25) is 4.79 Å². The third-order valence-electron chi connectivity index (χ3n) is 2.89. The number of thiophene rings is 1. The summed E-state index contributed by atoms with van der Waals surface area (Å²) in [6.45, 7) is 4.25. The number of Topliss-reactive ketones (excluding diaryl/α,β-unsaturated/α-hetero) is 1. The Morgan fingerprint density at radius 1 is 1.55 bits per heavy atom. The Bertz CT molecular complexity index is 736. The molecule has 2 heterocycles. The number of nitriles is 1. The number of allylic oxidation sites excluding steroid dienone is 2. The highest BCUT2D eigenvalue weighted by molar-refractivity contribution is 7.99. The van der Waals surface area contributed by atoms with E-state index in [2.05, 4.69) is 10.2 Å². The van der Waals surface area contributed by atoms with Crippen LogP contribution >= 0.6 is 23.1 Å². The molecule has 0 saturated heterocycles. The summed E-state index contributed by atoms with van der Waals surface area (Å²) >= 11 is 2.85. The van der Waals surface area contributed by atoms with Gasteiger partial charge in [0.15, 0.2) is 16.8 Å². The zero-order chi connectivity index (χ0) is 16.1. The Morgan fingerprint density at radius 2 is 2.32 bits per heavy atom. The molecule has 0 radical (unpaired) electrons. The molecule has 0 aliphatic carbocycles. The number of hydrogen-bond donors (Lipinski definition) is 1. The normalized spacial score (nSPS) is 11.9. The molecule has 0 unspecified atom stereocenters. The van der Waals surface area contributed by atoms with E-state index in [-0.39, 0.29) is 22.8 Å². The van der Waals surface area contributed by atoms with Crippen molar-refractivity contribution in [1.29, 1.82) is 5.26 Å². The predicted molar refractivity (Wildman–Crippen MR) is 87.2 cm³/mol.